The van der Waals surface area contributed by atoms with Gasteiger partial charge in [0, 0.05) is 12.2 Å². The highest BCUT2D eigenvalue weighted by molar-refractivity contribution is 6.32. The summed E-state index contributed by atoms with van der Waals surface area (Å²) in [5.74, 6) is 0.346. The molecule has 22 heavy (non-hydrogen) atoms. The van der Waals surface area contributed by atoms with Gasteiger partial charge >= 0.3 is 6.18 Å². The molecule has 1 aliphatic rings. The summed E-state index contributed by atoms with van der Waals surface area (Å²) in [5, 5.41) is 12.4. The molecular weight excluding hydrogens is 315 g/mol. The van der Waals surface area contributed by atoms with Crippen molar-refractivity contribution in [2.45, 2.75) is 19.0 Å². The summed E-state index contributed by atoms with van der Waals surface area (Å²) in [5.41, 5.74) is 1.24. The highest BCUT2D eigenvalue weighted by Gasteiger charge is 2.32. The van der Waals surface area contributed by atoms with E-state index in [1.807, 2.05) is 6.07 Å². The largest absolute Gasteiger partial charge is 0.401 e. The lowest BCUT2D eigenvalue weighted by molar-refractivity contribution is -0.148. The van der Waals surface area contributed by atoms with Crippen LogP contribution >= 0.6 is 11.6 Å². The molecule has 7 heteroatoms. The summed E-state index contributed by atoms with van der Waals surface area (Å²) in [4.78, 5) is 1.45. The molecule has 0 atom stereocenters. The first kappa shape index (κ1) is 16.9. The first-order valence-electron chi connectivity index (χ1n) is 7.10. The van der Waals surface area contributed by atoms with E-state index in [0.717, 1.165) is 18.5 Å². The van der Waals surface area contributed by atoms with E-state index in [1.165, 1.54) is 4.90 Å². The zero-order valence-corrected chi connectivity index (χ0v) is 12.7. The molecule has 0 unspecified atom stereocenters. The molecular formula is C15H17ClF3N3. The van der Waals surface area contributed by atoms with Crippen molar-refractivity contribution in [1.82, 2.24) is 4.90 Å². The van der Waals surface area contributed by atoms with Crippen LogP contribution in [0, 0.1) is 17.2 Å². The van der Waals surface area contributed by atoms with E-state index in [-0.39, 0.29) is 0 Å². The standard InChI is InChI=1S/C15H17ClF3N3/c16-14-7-13(2-1-12(14)8-20)21-9-11-3-5-22(6-4-11)10-15(17,18)19/h1-2,7,11,21H,3-6,9-10H2. The number of hydrogen-bond acceptors (Lipinski definition) is 3. The van der Waals surface area contributed by atoms with Gasteiger partial charge < -0.3 is 5.32 Å². The zero-order valence-electron chi connectivity index (χ0n) is 12.0. The Labute approximate surface area is 132 Å². The van der Waals surface area contributed by atoms with Crippen molar-refractivity contribution in [3.63, 3.8) is 0 Å². The fourth-order valence-electron chi connectivity index (χ4n) is 2.58. The number of rotatable bonds is 4. The van der Waals surface area contributed by atoms with Gasteiger partial charge in [0.05, 0.1) is 17.1 Å². The summed E-state index contributed by atoms with van der Waals surface area (Å²) in [7, 11) is 0. The van der Waals surface area contributed by atoms with E-state index in [2.05, 4.69) is 5.32 Å². The van der Waals surface area contributed by atoms with E-state index < -0.39 is 12.7 Å². The highest BCUT2D eigenvalue weighted by Crippen LogP contribution is 2.24. The number of alkyl halides is 3. The van der Waals surface area contributed by atoms with Gasteiger partial charge in [0.25, 0.3) is 0 Å². The van der Waals surface area contributed by atoms with Gasteiger partial charge in [0.1, 0.15) is 6.07 Å². The second kappa shape index (κ2) is 7.21. The number of benzene rings is 1. The summed E-state index contributed by atoms with van der Waals surface area (Å²) in [6, 6.07) is 7.12. The molecule has 1 aromatic rings. The summed E-state index contributed by atoms with van der Waals surface area (Å²) in [6.07, 6.45) is -2.63. The Kier molecular flexibility index (Phi) is 5.54. The Bertz CT molecular complexity index is 546. The Hall–Kier alpha value is -1.45. The smallest absolute Gasteiger partial charge is 0.385 e. The van der Waals surface area contributed by atoms with Crippen LogP contribution in [0.5, 0.6) is 0 Å². The molecule has 1 aromatic carbocycles. The molecule has 1 aliphatic heterocycles. The van der Waals surface area contributed by atoms with Crippen molar-refractivity contribution < 1.29 is 13.2 Å². The van der Waals surface area contributed by atoms with Crippen molar-refractivity contribution in [2.24, 2.45) is 5.92 Å². The maximum atomic E-state index is 12.3. The maximum absolute atomic E-state index is 12.3. The first-order valence-corrected chi connectivity index (χ1v) is 7.48. The van der Waals surface area contributed by atoms with E-state index in [4.69, 9.17) is 16.9 Å². The molecule has 0 saturated carbocycles. The van der Waals surface area contributed by atoms with Crippen molar-refractivity contribution in [3.8, 4) is 6.07 Å². The number of hydrogen-bond donors (Lipinski definition) is 1. The number of nitriles is 1. The first-order chi connectivity index (χ1) is 10.4. The van der Waals surface area contributed by atoms with Gasteiger partial charge in [-0.3, -0.25) is 4.90 Å². The maximum Gasteiger partial charge on any atom is 0.401 e. The molecule has 2 rings (SSSR count). The second-order valence-corrected chi connectivity index (χ2v) is 5.93. The molecule has 0 amide bonds. The third-order valence-corrected chi connectivity index (χ3v) is 4.11. The van der Waals surface area contributed by atoms with Crippen LogP contribution < -0.4 is 5.32 Å². The Morgan fingerprint density at radius 3 is 2.55 bits per heavy atom. The van der Waals surface area contributed by atoms with Crippen molar-refractivity contribution >= 4 is 17.3 Å². The SMILES string of the molecule is N#Cc1ccc(NCC2CCN(CC(F)(F)F)CC2)cc1Cl. The summed E-state index contributed by atoms with van der Waals surface area (Å²) in [6.45, 7) is 0.820. The topological polar surface area (TPSA) is 39.1 Å². The van der Waals surface area contributed by atoms with Crippen molar-refractivity contribution in [1.29, 1.82) is 5.26 Å². The van der Waals surface area contributed by atoms with E-state index in [1.54, 1.807) is 18.2 Å². The van der Waals surface area contributed by atoms with Gasteiger partial charge in [-0.15, -0.1) is 0 Å². The van der Waals surface area contributed by atoms with Crippen LogP contribution in [0.15, 0.2) is 18.2 Å². The van der Waals surface area contributed by atoms with Crippen molar-refractivity contribution in [2.75, 3.05) is 31.5 Å². The zero-order chi connectivity index (χ0) is 16.2. The third-order valence-electron chi connectivity index (χ3n) is 3.79. The Morgan fingerprint density at radius 2 is 2.00 bits per heavy atom. The molecule has 0 spiro atoms. The normalized spacial score (nSPS) is 17.2. The van der Waals surface area contributed by atoms with Crippen LogP contribution in [0.3, 0.4) is 0 Å². The van der Waals surface area contributed by atoms with Gasteiger partial charge in [-0.2, -0.15) is 18.4 Å². The molecule has 1 heterocycles. The molecule has 0 aromatic heterocycles. The van der Waals surface area contributed by atoms with E-state index >= 15 is 0 Å². The Morgan fingerprint density at radius 1 is 1.32 bits per heavy atom. The number of nitrogens with zero attached hydrogens (tertiary/aromatic N) is 2. The molecule has 1 N–H and O–H groups in total. The number of nitrogens with one attached hydrogen (secondary N) is 1. The molecule has 0 radical (unpaired) electrons. The number of piperidine rings is 1. The van der Waals surface area contributed by atoms with Crippen LogP contribution in [0.2, 0.25) is 5.02 Å². The van der Waals surface area contributed by atoms with Crippen LogP contribution in [0.4, 0.5) is 18.9 Å². The van der Waals surface area contributed by atoms with Gasteiger partial charge in [-0.25, -0.2) is 0 Å². The lowest BCUT2D eigenvalue weighted by atomic mass is 9.96. The number of halogens is 4. The fraction of sp³-hybridized carbons (Fsp3) is 0.533. The monoisotopic (exact) mass is 331 g/mol. The molecule has 120 valence electrons. The van der Waals surface area contributed by atoms with Gasteiger partial charge in [0.15, 0.2) is 0 Å². The number of anilines is 1. The average molecular weight is 332 g/mol. The average Bonchev–Trinajstić information content (AvgIpc) is 2.45. The minimum Gasteiger partial charge on any atom is -0.385 e. The minimum absolute atomic E-state index is 0.346. The lowest BCUT2D eigenvalue weighted by Crippen LogP contribution is -2.41. The summed E-state index contributed by atoms with van der Waals surface area (Å²) < 4.78 is 37.0. The molecule has 1 saturated heterocycles. The minimum atomic E-state index is -4.12. The number of likely N-dealkylation sites (tertiary alicyclic amines) is 1. The van der Waals surface area contributed by atoms with E-state index in [9.17, 15) is 13.2 Å². The van der Waals surface area contributed by atoms with Gasteiger partial charge in [0.2, 0.25) is 0 Å². The molecule has 1 fully saturated rings. The molecule has 0 bridgehead atoms. The van der Waals surface area contributed by atoms with Crippen LogP contribution in [0.25, 0.3) is 0 Å². The van der Waals surface area contributed by atoms with Crippen LogP contribution in [-0.4, -0.2) is 37.3 Å². The predicted molar refractivity (Wildman–Crippen MR) is 79.9 cm³/mol. The quantitative estimate of drug-likeness (QED) is 0.909. The second-order valence-electron chi connectivity index (χ2n) is 5.52. The predicted octanol–water partition coefficient (Wildman–Crippen LogP) is 3.90. The van der Waals surface area contributed by atoms with Gasteiger partial charge in [-0.05, 0) is 50.0 Å². The summed E-state index contributed by atoms with van der Waals surface area (Å²) >= 11 is 5.96. The van der Waals surface area contributed by atoms with Gasteiger partial charge in [-0.1, -0.05) is 11.6 Å². The molecule has 3 nitrogen and oxygen atoms in total. The van der Waals surface area contributed by atoms with Crippen molar-refractivity contribution in [3.05, 3.63) is 28.8 Å². The van der Waals surface area contributed by atoms with Crippen LogP contribution in [-0.2, 0) is 0 Å². The van der Waals surface area contributed by atoms with Crippen LogP contribution in [0.1, 0.15) is 18.4 Å². The third kappa shape index (κ3) is 5.08. The fourth-order valence-corrected chi connectivity index (χ4v) is 2.80. The lowest BCUT2D eigenvalue weighted by Gasteiger charge is -2.32. The van der Waals surface area contributed by atoms with E-state index in [0.29, 0.717) is 36.1 Å². The molecule has 0 aliphatic carbocycles. The highest BCUT2D eigenvalue weighted by atomic mass is 35.5. The Balaban J connectivity index is 1.77.